The van der Waals surface area contributed by atoms with Crippen molar-refractivity contribution in [2.75, 3.05) is 6.61 Å². The number of imidazole rings is 2. The molecule has 1 amide bonds. The van der Waals surface area contributed by atoms with Gasteiger partial charge in [0.1, 0.15) is 11.5 Å². The van der Waals surface area contributed by atoms with Gasteiger partial charge in [0.2, 0.25) is 5.91 Å². The molecule has 0 aliphatic rings. The molecule has 8 heteroatoms. The fraction of sp³-hybridized carbons (Fsp3) is 0.190. The number of carbonyl (C=O) groups is 1. The summed E-state index contributed by atoms with van der Waals surface area (Å²) in [6.45, 7) is 1.82. The molecule has 0 saturated heterocycles. The topological polar surface area (TPSA) is 98.4 Å². The Bertz CT molecular complexity index is 1180. The highest BCUT2D eigenvalue weighted by Crippen LogP contribution is 2.33. The van der Waals surface area contributed by atoms with Crippen LogP contribution in [0.2, 0.25) is 0 Å². The first kappa shape index (κ1) is 18.8. The average molecular weight is 393 g/mol. The molecule has 0 spiro atoms. The zero-order valence-corrected chi connectivity index (χ0v) is 15.8. The molecular formula is C21H20FN5O2. The van der Waals surface area contributed by atoms with Crippen LogP contribution in [-0.4, -0.2) is 36.6 Å². The van der Waals surface area contributed by atoms with Gasteiger partial charge < -0.3 is 19.8 Å². The molecule has 0 radical (unpaired) electrons. The number of rotatable bonds is 6. The normalized spacial score (nSPS) is 12.4. The SMILES string of the molecule is CC(CO)n1cnc(-c2ccc(F)cc2)c1-c1ccc2ncc(CC(N)=O)n2c1. The summed E-state index contributed by atoms with van der Waals surface area (Å²) < 4.78 is 17.1. The van der Waals surface area contributed by atoms with E-state index in [4.69, 9.17) is 5.73 Å². The largest absolute Gasteiger partial charge is 0.394 e. The molecule has 1 aromatic carbocycles. The van der Waals surface area contributed by atoms with Gasteiger partial charge in [-0.05, 0) is 43.3 Å². The molecule has 148 valence electrons. The van der Waals surface area contributed by atoms with Gasteiger partial charge in [-0.2, -0.15) is 0 Å². The number of aliphatic hydroxyl groups is 1. The molecule has 1 unspecified atom stereocenters. The first-order valence-electron chi connectivity index (χ1n) is 9.16. The van der Waals surface area contributed by atoms with Crippen molar-refractivity contribution in [3.63, 3.8) is 0 Å². The zero-order valence-electron chi connectivity index (χ0n) is 15.8. The van der Waals surface area contributed by atoms with Crippen LogP contribution in [0.4, 0.5) is 4.39 Å². The molecule has 0 aliphatic heterocycles. The van der Waals surface area contributed by atoms with E-state index < -0.39 is 5.91 Å². The fourth-order valence-electron chi connectivity index (χ4n) is 3.37. The van der Waals surface area contributed by atoms with E-state index in [0.717, 1.165) is 16.8 Å². The van der Waals surface area contributed by atoms with E-state index in [1.54, 1.807) is 24.7 Å². The van der Waals surface area contributed by atoms with E-state index in [1.165, 1.54) is 12.1 Å². The number of primary amides is 1. The van der Waals surface area contributed by atoms with E-state index in [9.17, 15) is 14.3 Å². The van der Waals surface area contributed by atoms with Crippen molar-refractivity contribution < 1.29 is 14.3 Å². The number of hydrogen-bond donors (Lipinski definition) is 2. The maximum absolute atomic E-state index is 13.4. The monoisotopic (exact) mass is 393 g/mol. The number of benzene rings is 1. The van der Waals surface area contributed by atoms with Crippen molar-refractivity contribution in [2.24, 2.45) is 5.73 Å². The molecule has 29 heavy (non-hydrogen) atoms. The highest BCUT2D eigenvalue weighted by atomic mass is 19.1. The number of fused-ring (bicyclic) bond motifs is 1. The molecule has 4 rings (SSSR count). The quantitative estimate of drug-likeness (QED) is 0.526. The lowest BCUT2D eigenvalue weighted by atomic mass is 10.1. The van der Waals surface area contributed by atoms with Crippen LogP contribution in [-0.2, 0) is 11.2 Å². The summed E-state index contributed by atoms with van der Waals surface area (Å²) in [4.78, 5) is 20.2. The number of aliphatic hydroxyl groups excluding tert-OH is 1. The van der Waals surface area contributed by atoms with Crippen LogP contribution in [0.1, 0.15) is 18.7 Å². The summed E-state index contributed by atoms with van der Waals surface area (Å²) in [5, 5.41) is 9.69. The van der Waals surface area contributed by atoms with Crippen molar-refractivity contribution in [3.8, 4) is 22.5 Å². The molecule has 7 nitrogen and oxygen atoms in total. The van der Waals surface area contributed by atoms with Gasteiger partial charge in [-0.1, -0.05) is 0 Å². The van der Waals surface area contributed by atoms with Crippen LogP contribution in [0.3, 0.4) is 0 Å². The van der Waals surface area contributed by atoms with Crippen LogP contribution in [0.15, 0.2) is 55.1 Å². The van der Waals surface area contributed by atoms with Gasteiger partial charge in [-0.15, -0.1) is 0 Å². The molecule has 0 saturated carbocycles. The third-order valence-electron chi connectivity index (χ3n) is 4.86. The number of nitrogens with two attached hydrogens (primary N) is 1. The summed E-state index contributed by atoms with van der Waals surface area (Å²) >= 11 is 0. The van der Waals surface area contributed by atoms with Crippen LogP contribution < -0.4 is 5.73 Å². The first-order chi connectivity index (χ1) is 14.0. The molecule has 0 aliphatic carbocycles. The number of pyridine rings is 1. The number of nitrogens with zero attached hydrogens (tertiary/aromatic N) is 4. The van der Waals surface area contributed by atoms with Gasteiger partial charge >= 0.3 is 0 Å². The minimum atomic E-state index is -0.442. The fourth-order valence-corrected chi connectivity index (χ4v) is 3.37. The summed E-state index contributed by atoms with van der Waals surface area (Å²) in [5.41, 5.74) is 9.74. The maximum Gasteiger partial charge on any atom is 0.223 e. The van der Waals surface area contributed by atoms with E-state index >= 15 is 0 Å². The minimum Gasteiger partial charge on any atom is -0.394 e. The van der Waals surface area contributed by atoms with Crippen molar-refractivity contribution in [2.45, 2.75) is 19.4 Å². The molecule has 0 bridgehead atoms. The lowest BCUT2D eigenvalue weighted by molar-refractivity contribution is -0.117. The standard InChI is InChI=1S/C21H20FN5O2/c1-13(11-28)27-12-25-20(14-2-5-16(22)6-3-14)21(27)15-4-7-19-24-9-17(8-18(23)29)26(19)10-15/h2-7,9-10,12-13,28H,8,11H2,1H3,(H2,23,29). The Morgan fingerprint density at radius 1 is 1.17 bits per heavy atom. The number of carbonyl (C=O) groups excluding carboxylic acids is 1. The summed E-state index contributed by atoms with van der Waals surface area (Å²) in [5.74, 6) is -0.766. The highest BCUT2D eigenvalue weighted by Gasteiger charge is 2.19. The highest BCUT2D eigenvalue weighted by molar-refractivity contribution is 5.79. The second kappa shape index (κ2) is 7.48. The third-order valence-corrected chi connectivity index (χ3v) is 4.86. The summed E-state index contributed by atoms with van der Waals surface area (Å²) in [6.07, 6.45) is 5.22. The summed E-state index contributed by atoms with van der Waals surface area (Å²) in [6, 6.07) is 9.65. The Labute approximate surface area is 166 Å². The molecule has 1 atom stereocenters. The Kier molecular flexibility index (Phi) is 4.85. The molecular weight excluding hydrogens is 373 g/mol. The van der Waals surface area contributed by atoms with Crippen LogP contribution in [0.25, 0.3) is 28.2 Å². The molecule has 4 aromatic rings. The van der Waals surface area contributed by atoms with Gasteiger partial charge in [0, 0.05) is 23.5 Å². The van der Waals surface area contributed by atoms with E-state index in [2.05, 4.69) is 9.97 Å². The number of hydrogen-bond acceptors (Lipinski definition) is 4. The van der Waals surface area contributed by atoms with Crippen LogP contribution in [0, 0.1) is 5.82 Å². The van der Waals surface area contributed by atoms with Crippen molar-refractivity contribution in [1.29, 1.82) is 0 Å². The van der Waals surface area contributed by atoms with Crippen molar-refractivity contribution in [3.05, 3.63) is 66.6 Å². The smallest absolute Gasteiger partial charge is 0.223 e. The van der Waals surface area contributed by atoms with Crippen LogP contribution in [0.5, 0.6) is 0 Å². The second-order valence-electron chi connectivity index (χ2n) is 6.93. The van der Waals surface area contributed by atoms with Gasteiger partial charge in [0.25, 0.3) is 0 Å². The Balaban J connectivity index is 1.91. The number of amides is 1. The van der Waals surface area contributed by atoms with Gasteiger partial charge in [0.15, 0.2) is 0 Å². The number of halogens is 1. The predicted molar refractivity (Wildman–Crippen MR) is 107 cm³/mol. The minimum absolute atomic E-state index is 0.0630. The van der Waals surface area contributed by atoms with Crippen LogP contribution >= 0.6 is 0 Å². The van der Waals surface area contributed by atoms with E-state index in [0.29, 0.717) is 17.0 Å². The molecule has 3 N–H and O–H groups in total. The van der Waals surface area contributed by atoms with Crippen molar-refractivity contribution in [1.82, 2.24) is 18.9 Å². The second-order valence-corrected chi connectivity index (χ2v) is 6.93. The molecule has 3 aromatic heterocycles. The summed E-state index contributed by atoms with van der Waals surface area (Å²) in [7, 11) is 0. The first-order valence-corrected chi connectivity index (χ1v) is 9.16. The maximum atomic E-state index is 13.4. The third kappa shape index (κ3) is 3.50. The molecule has 0 fully saturated rings. The Hall–Kier alpha value is -3.52. The van der Waals surface area contributed by atoms with E-state index in [-0.39, 0.29) is 24.9 Å². The lowest BCUT2D eigenvalue weighted by Gasteiger charge is -2.16. The Morgan fingerprint density at radius 3 is 2.59 bits per heavy atom. The van der Waals surface area contributed by atoms with Gasteiger partial charge in [0.05, 0.1) is 42.5 Å². The van der Waals surface area contributed by atoms with E-state index in [1.807, 2.05) is 34.2 Å². The predicted octanol–water partition coefficient (Wildman–Crippen LogP) is 2.58. The van der Waals surface area contributed by atoms with Gasteiger partial charge in [-0.25, -0.2) is 14.4 Å². The van der Waals surface area contributed by atoms with Gasteiger partial charge in [-0.3, -0.25) is 4.79 Å². The molecule has 3 heterocycles. The lowest BCUT2D eigenvalue weighted by Crippen LogP contribution is -2.15. The number of aromatic nitrogens is 4. The van der Waals surface area contributed by atoms with Crippen molar-refractivity contribution >= 4 is 11.6 Å². The zero-order chi connectivity index (χ0) is 20.5. The Morgan fingerprint density at radius 2 is 1.90 bits per heavy atom. The average Bonchev–Trinajstić information content (AvgIpc) is 3.32.